The molecule has 19 heavy (non-hydrogen) atoms. The van der Waals surface area contributed by atoms with Crippen molar-refractivity contribution in [1.29, 1.82) is 0 Å². The topological polar surface area (TPSA) is 47.8 Å². The fourth-order valence-electron chi connectivity index (χ4n) is 1.72. The zero-order valence-electron chi connectivity index (χ0n) is 10.9. The zero-order valence-corrected chi connectivity index (χ0v) is 11.7. The van der Waals surface area contributed by atoms with Gasteiger partial charge in [-0.3, -0.25) is 4.21 Å². The highest BCUT2D eigenvalue weighted by molar-refractivity contribution is 7.84. The van der Waals surface area contributed by atoms with E-state index in [0.29, 0.717) is 18.3 Å². The molecule has 0 aliphatic rings. The second-order valence-electron chi connectivity index (χ2n) is 4.67. The summed E-state index contributed by atoms with van der Waals surface area (Å²) in [7, 11) is -1.45. The zero-order chi connectivity index (χ0) is 13.8. The summed E-state index contributed by atoms with van der Waals surface area (Å²) < 4.78 is 27.4. The molecule has 1 heterocycles. The van der Waals surface area contributed by atoms with Crippen LogP contribution in [0.1, 0.15) is 19.7 Å². The molecular formula is C13H16FN3OS. The van der Waals surface area contributed by atoms with Gasteiger partial charge in [0.05, 0.1) is 21.4 Å². The summed E-state index contributed by atoms with van der Waals surface area (Å²) in [5.74, 6) is 0.765. The average Bonchev–Trinajstić information content (AvgIpc) is 2.76. The Balaban J connectivity index is 2.16. The van der Waals surface area contributed by atoms with Gasteiger partial charge < -0.3 is 0 Å². The predicted molar refractivity (Wildman–Crippen MR) is 71.4 cm³/mol. The van der Waals surface area contributed by atoms with Crippen LogP contribution in [0.4, 0.5) is 4.39 Å². The molecule has 1 aromatic heterocycles. The quantitative estimate of drug-likeness (QED) is 0.845. The molecule has 0 fully saturated rings. The largest absolute Gasteiger partial charge is 0.254 e. The van der Waals surface area contributed by atoms with Gasteiger partial charge in [-0.05, 0) is 18.1 Å². The summed E-state index contributed by atoms with van der Waals surface area (Å²) in [5, 5.41) is 4.10. The molecule has 1 atom stereocenters. The lowest BCUT2D eigenvalue weighted by Gasteiger charge is -2.08. The van der Waals surface area contributed by atoms with Gasteiger partial charge in [0.25, 0.3) is 0 Å². The molecule has 0 radical (unpaired) electrons. The van der Waals surface area contributed by atoms with E-state index in [1.807, 2.05) is 0 Å². The van der Waals surface area contributed by atoms with E-state index in [4.69, 9.17) is 0 Å². The number of halogens is 1. The minimum absolute atomic E-state index is 0.174. The van der Waals surface area contributed by atoms with Crippen LogP contribution in [0.15, 0.2) is 35.5 Å². The Morgan fingerprint density at radius 3 is 2.79 bits per heavy atom. The smallest absolute Gasteiger partial charge is 0.139 e. The van der Waals surface area contributed by atoms with Crippen LogP contribution in [0.2, 0.25) is 0 Å². The number of rotatable bonds is 5. The van der Waals surface area contributed by atoms with E-state index < -0.39 is 16.6 Å². The number of benzene rings is 1. The Labute approximate surface area is 114 Å². The fraction of sp³-hybridized carbons (Fsp3) is 0.385. The lowest BCUT2D eigenvalue weighted by Crippen LogP contribution is -2.12. The van der Waals surface area contributed by atoms with Crippen LogP contribution in [-0.4, -0.2) is 19.0 Å². The number of hydrogen-bond donors (Lipinski definition) is 0. The van der Waals surface area contributed by atoms with Crippen molar-refractivity contribution in [3.8, 4) is 0 Å². The molecule has 1 aromatic carbocycles. The van der Waals surface area contributed by atoms with Gasteiger partial charge in [0.2, 0.25) is 0 Å². The van der Waals surface area contributed by atoms with Gasteiger partial charge in [-0.15, -0.1) is 0 Å². The second kappa shape index (κ2) is 6.06. The first-order valence-electron chi connectivity index (χ1n) is 6.07. The van der Waals surface area contributed by atoms with Crippen molar-refractivity contribution in [3.05, 3.63) is 42.2 Å². The fourth-order valence-corrected chi connectivity index (χ4v) is 2.85. The molecule has 102 valence electrons. The monoisotopic (exact) mass is 281 g/mol. The molecule has 0 saturated carbocycles. The van der Waals surface area contributed by atoms with Crippen LogP contribution in [0, 0.1) is 11.7 Å². The highest BCUT2D eigenvalue weighted by Gasteiger charge is 2.14. The molecular weight excluding hydrogens is 265 g/mol. The van der Waals surface area contributed by atoms with E-state index in [-0.39, 0.29) is 10.6 Å². The first kappa shape index (κ1) is 13.9. The van der Waals surface area contributed by atoms with Gasteiger partial charge in [-0.25, -0.2) is 14.1 Å². The van der Waals surface area contributed by atoms with Crippen LogP contribution < -0.4 is 0 Å². The van der Waals surface area contributed by atoms with Gasteiger partial charge in [-0.2, -0.15) is 5.10 Å². The minimum atomic E-state index is -1.45. The number of hydrogen-bond acceptors (Lipinski definition) is 3. The van der Waals surface area contributed by atoms with Crippen molar-refractivity contribution in [2.24, 2.45) is 5.92 Å². The van der Waals surface area contributed by atoms with Gasteiger partial charge >= 0.3 is 0 Å². The molecule has 2 aromatic rings. The van der Waals surface area contributed by atoms with E-state index in [9.17, 15) is 8.60 Å². The summed E-state index contributed by atoms with van der Waals surface area (Å²) in [6.07, 6.45) is 1.44. The van der Waals surface area contributed by atoms with Gasteiger partial charge in [0.1, 0.15) is 18.0 Å². The van der Waals surface area contributed by atoms with Crippen molar-refractivity contribution >= 4 is 10.8 Å². The molecule has 0 amide bonds. The molecule has 0 spiro atoms. The molecule has 0 saturated heterocycles. The normalized spacial score (nSPS) is 12.8. The first-order valence-corrected chi connectivity index (χ1v) is 7.39. The molecule has 1 unspecified atom stereocenters. The molecule has 0 bridgehead atoms. The summed E-state index contributed by atoms with van der Waals surface area (Å²) in [6, 6.07) is 6.10. The average molecular weight is 281 g/mol. The third-order valence-corrected chi connectivity index (χ3v) is 3.92. The summed E-state index contributed by atoms with van der Waals surface area (Å²) in [5.41, 5.74) is 0. The van der Waals surface area contributed by atoms with Crippen molar-refractivity contribution in [2.45, 2.75) is 31.0 Å². The Bertz CT molecular complexity index is 583. The van der Waals surface area contributed by atoms with Crippen molar-refractivity contribution in [2.75, 3.05) is 0 Å². The van der Waals surface area contributed by atoms with Crippen molar-refractivity contribution < 1.29 is 8.60 Å². The maximum absolute atomic E-state index is 13.5. The third kappa shape index (κ3) is 3.47. The highest BCUT2D eigenvalue weighted by Crippen LogP contribution is 2.15. The highest BCUT2D eigenvalue weighted by atomic mass is 32.2. The summed E-state index contributed by atoms with van der Waals surface area (Å²) in [6.45, 7) is 4.85. The maximum atomic E-state index is 13.5. The molecule has 2 rings (SSSR count). The summed E-state index contributed by atoms with van der Waals surface area (Å²) in [4.78, 5) is 4.31. The van der Waals surface area contributed by atoms with Crippen LogP contribution in [0.3, 0.4) is 0 Å². The lowest BCUT2D eigenvalue weighted by atomic mass is 10.2. The van der Waals surface area contributed by atoms with Crippen LogP contribution >= 0.6 is 0 Å². The van der Waals surface area contributed by atoms with E-state index in [2.05, 4.69) is 23.9 Å². The molecule has 0 aliphatic carbocycles. The molecule has 0 aliphatic heterocycles. The van der Waals surface area contributed by atoms with Crippen LogP contribution in [-0.2, 0) is 23.1 Å². The van der Waals surface area contributed by atoms with E-state index >= 15 is 0 Å². The first-order chi connectivity index (χ1) is 9.08. The van der Waals surface area contributed by atoms with Crippen LogP contribution in [0.25, 0.3) is 0 Å². The molecule has 4 nitrogen and oxygen atoms in total. The maximum Gasteiger partial charge on any atom is 0.139 e. The van der Waals surface area contributed by atoms with Gasteiger partial charge in [0, 0.05) is 6.54 Å². The van der Waals surface area contributed by atoms with E-state index in [1.165, 1.54) is 18.5 Å². The van der Waals surface area contributed by atoms with Gasteiger partial charge in [-0.1, -0.05) is 26.0 Å². The molecule has 6 heteroatoms. The lowest BCUT2D eigenvalue weighted by molar-refractivity contribution is 0.471. The third-order valence-electron chi connectivity index (χ3n) is 2.58. The predicted octanol–water partition coefficient (Wildman–Crippen LogP) is 2.38. The number of nitrogens with zero attached hydrogens (tertiary/aromatic N) is 3. The van der Waals surface area contributed by atoms with Crippen molar-refractivity contribution in [3.63, 3.8) is 0 Å². The van der Waals surface area contributed by atoms with E-state index in [0.717, 1.165) is 0 Å². The van der Waals surface area contributed by atoms with E-state index in [1.54, 1.807) is 16.8 Å². The SMILES string of the molecule is CC(C)Cn1ncnc1CS(=O)c1ccccc1F. The molecule has 0 N–H and O–H groups in total. The van der Waals surface area contributed by atoms with Crippen LogP contribution in [0.5, 0.6) is 0 Å². The standard InChI is InChI=1S/C13H16FN3OS/c1-10(2)7-17-13(15-9-16-17)8-19(18)12-6-4-3-5-11(12)14/h3-6,9-10H,7-8H2,1-2H3. The minimum Gasteiger partial charge on any atom is -0.254 e. The Morgan fingerprint density at radius 2 is 2.11 bits per heavy atom. The Kier molecular flexibility index (Phi) is 4.42. The van der Waals surface area contributed by atoms with Gasteiger partial charge in [0.15, 0.2) is 0 Å². The van der Waals surface area contributed by atoms with Crippen molar-refractivity contribution in [1.82, 2.24) is 14.8 Å². The number of aromatic nitrogens is 3. The Morgan fingerprint density at radius 1 is 1.37 bits per heavy atom. The second-order valence-corrected chi connectivity index (χ2v) is 6.09. The summed E-state index contributed by atoms with van der Waals surface area (Å²) >= 11 is 0. The Hall–Kier alpha value is -1.56.